The Morgan fingerprint density at radius 1 is 1.16 bits per heavy atom. The third-order valence-electron chi connectivity index (χ3n) is 5.42. The zero-order valence-electron chi connectivity index (χ0n) is 17.2. The fourth-order valence-electron chi connectivity index (χ4n) is 3.72. The highest BCUT2D eigenvalue weighted by molar-refractivity contribution is 6.02. The number of hydrogen-bond donors (Lipinski definition) is 2. The van der Waals surface area contributed by atoms with Crippen LogP contribution in [0.4, 0.5) is 18.9 Å². The van der Waals surface area contributed by atoms with Crippen LogP contribution in [-0.2, 0) is 15.7 Å². The van der Waals surface area contributed by atoms with Gasteiger partial charge in [-0.3, -0.25) is 14.7 Å². The van der Waals surface area contributed by atoms with E-state index in [2.05, 4.69) is 15.2 Å². The van der Waals surface area contributed by atoms with Gasteiger partial charge >= 0.3 is 6.18 Å². The number of anilines is 1. The number of aromatic nitrogens is 1. The van der Waals surface area contributed by atoms with E-state index in [0.717, 1.165) is 25.2 Å². The summed E-state index contributed by atoms with van der Waals surface area (Å²) in [6.45, 7) is 3.43. The molecule has 0 unspecified atom stereocenters. The van der Waals surface area contributed by atoms with Gasteiger partial charge in [0.1, 0.15) is 5.52 Å². The maximum atomic E-state index is 13.1. The molecule has 0 spiro atoms. The average Bonchev–Trinajstić information content (AvgIpc) is 2.79. The Morgan fingerprint density at radius 3 is 2.69 bits per heavy atom. The van der Waals surface area contributed by atoms with Gasteiger partial charge in [-0.05, 0) is 41.5 Å². The Hall–Kier alpha value is -3.17. The zero-order valence-corrected chi connectivity index (χ0v) is 17.2. The van der Waals surface area contributed by atoms with E-state index in [1.54, 1.807) is 18.2 Å². The summed E-state index contributed by atoms with van der Waals surface area (Å²) in [4.78, 5) is 18.7. The molecule has 1 aliphatic rings. The molecule has 0 aliphatic carbocycles. The van der Waals surface area contributed by atoms with Crippen molar-refractivity contribution in [1.29, 1.82) is 0 Å². The molecule has 2 heterocycles. The maximum Gasteiger partial charge on any atom is 0.416 e. The van der Waals surface area contributed by atoms with Crippen molar-refractivity contribution >= 4 is 22.5 Å². The summed E-state index contributed by atoms with van der Waals surface area (Å²) < 4.78 is 44.6. The van der Waals surface area contributed by atoms with Crippen molar-refractivity contribution in [2.75, 3.05) is 38.2 Å². The lowest BCUT2D eigenvalue weighted by Gasteiger charge is -2.26. The van der Waals surface area contributed by atoms with E-state index < -0.39 is 11.7 Å². The van der Waals surface area contributed by atoms with Crippen LogP contribution in [0.2, 0.25) is 0 Å². The van der Waals surface area contributed by atoms with Crippen LogP contribution < -0.4 is 5.32 Å². The molecule has 0 atom stereocenters. The van der Waals surface area contributed by atoms with Gasteiger partial charge in [0.15, 0.2) is 5.75 Å². The molecule has 32 heavy (non-hydrogen) atoms. The van der Waals surface area contributed by atoms with E-state index in [1.165, 1.54) is 18.3 Å². The summed E-state index contributed by atoms with van der Waals surface area (Å²) in [7, 11) is 0. The molecule has 0 saturated carbocycles. The fraction of sp³-hybridized carbons (Fsp3) is 0.304. The van der Waals surface area contributed by atoms with Crippen LogP contribution in [0.1, 0.15) is 12.0 Å². The van der Waals surface area contributed by atoms with E-state index in [0.29, 0.717) is 36.3 Å². The van der Waals surface area contributed by atoms with Gasteiger partial charge in [-0.25, -0.2) is 0 Å². The third-order valence-corrected chi connectivity index (χ3v) is 5.42. The molecule has 4 rings (SSSR count). The summed E-state index contributed by atoms with van der Waals surface area (Å²) in [6.07, 6.45) is -2.78. The van der Waals surface area contributed by atoms with Crippen LogP contribution in [0.3, 0.4) is 0 Å². The number of benzene rings is 2. The van der Waals surface area contributed by atoms with Crippen LogP contribution >= 0.6 is 0 Å². The van der Waals surface area contributed by atoms with E-state index in [1.807, 2.05) is 0 Å². The largest absolute Gasteiger partial charge is 0.504 e. The second-order valence-corrected chi connectivity index (χ2v) is 7.55. The molecule has 1 aromatic heterocycles. The number of nitrogens with zero attached hydrogens (tertiary/aromatic N) is 2. The second kappa shape index (κ2) is 9.13. The molecule has 1 fully saturated rings. The minimum absolute atomic E-state index is 0.200. The van der Waals surface area contributed by atoms with Gasteiger partial charge in [-0.1, -0.05) is 12.1 Å². The number of fused-ring (bicyclic) bond motifs is 1. The average molecular weight is 445 g/mol. The second-order valence-electron chi connectivity index (χ2n) is 7.55. The van der Waals surface area contributed by atoms with E-state index >= 15 is 0 Å². The fourth-order valence-corrected chi connectivity index (χ4v) is 3.72. The SMILES string of the molecule is O=C(CCN1CCOCC1)Nc1ccc2c(-c3cccc(C(F)(F)F)c3)ccnc2c1O. The lowest BCUT2D eigenvalue weighted by molar-refractivity contribution is -0.137. The van der Waals surface area contributed by atoms with E-state index in [-0.39, 0.29) is 29.3 Å². The number of hydrogen-bond acceptors (Lipinski definition) is 5. The molecule has 168 valence electrons. The summed E-state index contributed by atoms with van der Waals surface area (Å²) in [6, 6.07) is 9.74. The number of carbonyl (C=O) groups is 1. The van der Waals surface area contributed by atoms with Crippen LogP contribution in [-0.4, -0.2) is 53.7 Å². The van der Waals surface area contributed by atoms with E-state index in [4.69, 9.17) is 4.74 Å². The predicted molar refractivity (Wildman–Crippen MR) is 114 cm³/mol. The molecule has 6 nitrogen and oxygen atoms in total. The number of amides is 1. The number of aromatic hydroxyl groups is 1. The maximum absolute atomic E-state index is 13.1. The summed E-state index contributed by atoms with van der Waals surface area (Å²) in [5.41, 5.74) is 0.507. The Labute approximate surface area is 182 Å². The lowest BCUT2D eigenvalue weighted by Crippen LogP contribution is -2.38. The highest BCUT2D eigenvalue weighted by atomic mass is 19.4. The Kier molecular flexibility index (Phi) is 6.29. The smallest absolute Gasteiger partial charge is 0.416 e. The molecule has 9 heteroatoms. The first kappa shape index (κ1) is 22.0. The van der Waals surface area contributed by atoms with Crippen LogP contribution in [0.25, 0.3) is 22.0 Å². The number of rotatable bonds is 5. The Balaban J connectivity index is 1.57. The molecule has 3 aromatic rings. The van der Waals surface area contributed by atoms with Crippen molar-refractivity contribution in [2.24, 2.45) is 0 Å². The Bertz CT molecular complexity index is 1130. The molecule has 1 amide bonds. The number of carbonyl (C=O) groups excluding carboxylic acids is 1. The minimum Gasteiger partial charge on any atom is -0.504 e. The van der Waals surface area contributed by atoms with Crippen molar-refractivity contribution < 1.29 is 27.8 Å². The molecular formula is C23H22F3N3O3. The normalized spacial score (nSPS) is 15.1. The first-order valence-corrected chi connectivity index (χ1v) is 10.2. The van der Waals surface area contributed by atoms with Crippen molar-refractivity contribution in [3.05, 3.63) is 54.2 Å². The topological polar surface area (TPSA) is 74.7 Å². The molecule has 2 aromatic carbocycles. The number of pyridine rings is 1. The minimum atomic E-state index is -4.46. The molecule has 1 aliphatic heterocycles. The third kappa shape index (κ3) is 4.84. The molecule has 2 N–H and O–H groups in total. The van der Waals surface area contributed by atoms with Crippen LogP contribution in [0, 0.1) is 0 Å². The van der Waals surface area contributed by atoms with Gasteiger partial charge in [0, 0.05) is 37.6 Å². The van der Waals surface area contributed by atoms with Gasteiger partial charge in [0.05, 0.1) is 24.5 Å². The number of nitrogens with one attached hydrogen (secondary N) is 1. The highest BCUT2D eigenvalue weighted by Gasteiger charge is 2.30. The molecule has 1 saturated heterocycles. The number of halogens is 3. The van der Waals surface area contributed by atoms with Gasteiger partial charge < -0.3 is 15.2 Å². The van der Waals surface area contributed by atoms with Gasteiger partial charge in [-0.2, -0.15) is 13.2 Å². The van der Waals surface area contributed by atoms with Crippen molar-refractivity contribution in [3.8, 4) is 16.9 Å². The number of morpholine rings is 1. The first-order chi connectivity index (χ1) is 15.3. The van der Waals surface area contributed by atoms with Crippen molar-refractivity contribution in [3.63, 3.8) is 0 Å². The zero-order chi connectivity index (χ0) is 22.7. The number of ether oxygens (including phenoxy) is 1. The van der Waals surface area contributed by atoms with Gasteiger partial charge in [0.2, 0.25) is 5.91 Å². The highest BCUT2D eigenvalue weighted by Crippen LogP contribution is 2.38. The number of phenolic OH excluding ortho intramolecular Hbond substituents is 1. The first-order valence-electron chi connectivity index (χ1n) is 10.2. The summed E-state index contributed by atoms with van der Waals surface area (Å²) >= 11 is 0. The number of phenols is 1. The van der Waals surface area contributed by atoms with Gasteiger partial charge in [-0.15, -0.1) is 0 Å². The number of alkyl halides is 3. The quantitative estimate of drug-likeness (QED) is 0.574. The predicted octanol–water partition coefficient (Wildman–Crippen LogP) is 4.29. The van der Waals surface area contributed by atoms with Crippen molar-refractivity contribution in [1.82, 2.24) is 9.88 Å². The Morgan fingerprint density at radius 2 is 1.94 bits per heavy atom. The van der Waals surface area contributed by atoms with Crippen molar-refractivity contribution in [2.45, 2.75) is 12.6 Å². The van der Waals surface area contributed by atoms with Crippen LogP contribution in [0.5, 0.6) is 5.75 Å². The van der Waals surface area contributed by atoms with Crippen LogP contribution in [0.15, 0.2) is 48.7 Å². The van der Waals surface area contributed by atoms with E-state index in [9.17, 15) is 23.1 Å². The standard InChI is InChI=1S/C23H22F3N3O3/c24-23(25,26)16-3-1-2-15(14-16)17-6-8-27-21-18(17)4-5-19(22(21)31)28-20(30)7-9-29-10-12-32-13-11-29/h1-6,8,14,31H,7,9-13H2,(H,28,30). The van der Waals surface area contributed by atoms with Gasteiger partial charge in [0.25, 0.3) is 0 Å². The monoisotopic (exact) mass is 445 g/mol. The molecule has 0 bridgehead atoms. The summed E-state index contributed by atoms with van der Waals surface area (Å²) in [5.74, 6) is -0.476. The molecular weight excluding hydrogens is 423 g/mol. The molecule has 0 radical (unpaired) electrons. The summed E-state index contributed by atoms with van der Waals surface area (Å²) in [5, 5.41) is 13.9. The lowest BCUT2D eigenvalue weighted by atomic mass is 9.99.